The van der Waals surface area contributed by atoms with E-state index in [0.717, 1.165) is 30.6 Å². The summed E-state index contributed by atoms with van der Waals surface area (Å²) in [5, 5.41) is 5.98. The largest absolute Gasteiger partial charge is 0.376 e. The number of carbonyl (C=O) groups excluding carboxylic acids is 1. The maximum absolute atomic E-state index is 11.8. The molecular formula is C20H27ClN2O2. The zero-order valence-electron chi connectivity index (χ0n) is 14.7. The molecular weight excluding hydrogens is 336 g/mol. The molecule has 0 aromatic heterocycles. The van der Waals surface area contributed by atoms with Gasteiger partial charge in [-0.05, 0) is 49.7 Å². The zero-order valence-corrected chi connectivity index (χ0v) is 15.5. The van der Waals surface area contributed by atoms with Crippen molar-refractivity contribution in [2.45, 2.75) is 25.9 Å². The molecule has 2 rings (SSSR count). The Morgan fingerprint density at radius 1 is 1.04 bits per heavy atom. The van der Waals surface area contributed by atoms with Crippen molar-refractivity contribution in [3.05, 3.63) is 65.7 Å². The first-order valence-corrected chi connectivity index (χ1v) is 8.43. The smallest absolute Gasteiger partial charge is 0.224 e. The van der Waals surface area contributed by atoms with Gasteiger partial charge in [0.05, 0.1) is 13.2 Å². The Morgan fingerprint density at radius 2 is 1.80 bits per heavy atom. The first-order valence-electron chi connectivity index (χ1n) is 8.43. The molecule has 2 aromatic rings. The van der Waals surface area contributed by atoms with Crippen LogP contribution in [0.25, 0.3) is 0 Å². The molecule has 0 spiro atoms. The number of anilines is 1. The third kappa shape index (κ3) is 8.68. The van der Waals surface area contributed by atoms with Crippen molar-refractivity contribution in [3.8, 4) is 0 Å². The van der Waals surface area contributed by atoms with E-state index in [1.54, 1.807) is 0 Å². The summed E-state index contributed by atoms with van der Waals surface area (Å²) in [6.45, 7) is 2.09. The van der Waals surface area contributed by atoms with Crippen molar-refractivity contribution in [2.75, 3.05) is 25.5 Å². The Kier molecular flexibility index (Phi) is 10.6. The Balaban J connectivity index is 0.00000312. The van der Waals surface area contributed by atoms with Crippen LogP contribution in [0.5, 0.6) is 0 Å². The Bertz CT molecular complexity index is 620. The maximum Gasteiger partial charge on any atom is 0.224 e. The van der Waals surface area contributed by atoms with Gasteiger partial charge in [0, 0.05) is 12.1 Å². The van der Waals surface area contributed by atoms with Gasteiger partial charge in [0.25, 0.3) is 0 Å². The minimum absolute atomic E-state index is 0. The molecule has 0 unspecified atom stereocenters. The van der Waals surface area contributed by atoms with Crippen LogP contribution in [-0.4, -0.2) is 26.1 Å². The topological polar surface area (TPSA) is 50.4 Å². The summed E-state index contributed by atoms with van der Waals surface area (Å²) in [4.78, 5) is 11.8. The van der Waals surface area contributed by atoms with E-state index in [1.165, 1.54) is 5.56 Å². The number of rotatable bonds is 10. The van der Waals surface area contributed by atoms with Gasteiger partial charge in [-0.3, -0.25) is 4.79 Å². The number of carbonyl (C=O) groups is 1. The molecule has 25 heavy (non-hydrogen) atoms. The molecule has 0 radical (unpaired) electrons. The van der Waals surface area contributed by atoms with E-state index in [2.05, 4.69) is 22.8 Å². The zero-order chi connectivity index (χ0) is 17.0. The molecule has 0 aliphatic carbocycles. The summed E-state index contributed by atoms with van der Waals surface area (Å²) in [6.07, 6.45) is 2.27. The molecule has 2 aromatic carbocycles. The molecule has 2 N–H and O–H groups in total. The Hall–Kier alpha value is -1.88. The van der Waals surface area contributed by atoms with Gasteiger partial charge < -0.3 is 15.4 Å². The van der Waals surface area contributed by atoms with E-state index in [1.807, 2.05) is 49.5 Å². The van der Waals surface area contributed by atoms with Crippen LogP contribution in [0.4, 0.5) is 5.69 Å². The molecule has 0 saturated heterocycles. The van der Waals surface area contributed by atoms with Crippen LogP contribution < -0.4 is 10.6 Å². The lowest BCUT2D eigenvalue weighted by Crippen LogP contribution is -2.15. The molecule has 0 heterocycles. The van der Waals surface area contributed by atoms with Crippen LogP contribution in [0.3, 0.4) is 0 Å². The highest BCUT2D eigenvalue weighted by atomic mass is 35.5. The van der Waals surface area contributed by atoms with E-state index < -0.39 is 0 Å². The van der Waals surface area contributed by atoms with Crippen LogP contribution >= 0.6 is 12.4 Å². The third-order valence-corrected chi connectivity index (χ3v) is 3.69. The molecule has 5 heteroatoms. The van der Waals surface area contributed by atoms with Crippen LogP contribution in [0.2, 0.25) is 0 Å². The molecule has 0 aliphatic rings. The standard InChI is InChI=1S/C20H26N2O2.ClH/c1-21-13-6-11-20(23)22-19-10-5-9-18(15-19)16-24-14-12-17-7-3-2-4-8-17;/h2-5,7-10,15,21H,6,11-14,16H2,1H3,(H,22,23);1H. The van der Waals surface area contributed by atoms with Crippen molar-refractivity contribution in [1.29, 1.82) is 0 Å². The molecule has 0 atom stereocenters. The Labute approximate surface area is 156 Å². The molecule has 0 saturated carbocycles. The second-order valence-electron chi connectivity index (χ2n) is 5.74. The van der Waals surface area contributed by atoms with Crippen molar-refractivity contribution in [2.24, 2.45) is 0 Å². The highest BCUT2D eigenvalue weighted by Gasteiger charge is 2.03. The van der Waals surface area contributed by atoms with Crippen LogP contribution in [0.15, 0.2) is 54.6 Å². The highest BCUT2D eigenvalue weighted by molar-refractivity contribution is 5.90. The first kappa shape index (κ1) is 21.2. The fraction of sp³-hybridized carbons (Fsp3) is 0.350. The first-order chi connectivity index (χ1) is 11.8. The monoisotopic (exact) mass is 362 g/mol. The number of hydrogen-bond acceptors (Lipinski definition) is 3. The number of ether oxygens (including phenoxy) is 1. The Morgan fingerprint density at radius 3 is 2.56 bits per heavy atom. The maximum atomic E-state index is 11.8. The van der Waals surface area contributed by atoms with Crippen molar-refractivity contribution < 1.29 is 9.53 Å². The van der Waals surface area contributed by atoms with Crippen LogP contribution in [0.1, 0.15) is 24.0 Å². The number of nitrogens with one attached hydrogen (secondary N) is 2. The number of amides is 1. The highest BCUT2D eigenvalue weighted by Crippen LogP contribution is 2.12. The lowest BCUT2D eigenvalue weighted by atomic mass is 10.2. The average molecular weight is 363 g/mol. The van der Waals surface area contributed by atoms with Gasteiger partial charge in [-0.15, -0.1) is 12.4 Å². The lowest BCUT2D eigenvalue weighted by molar-refractivity contribution is -0.116. The number of halogens is 1. The van der Waals surface area contributed by atoms with Crippen molar-refractivity contribution in [1.82, 2.24) is 5.32 Å². The number of hydrogen-bond donors (Lipinski definition) is 2. The van der Waals surface area contributed by atoms with Gasteiger partial charge in [-0.2, -0.15) is 0 Å². The second-order valence-corrected chi connectivity index (χ2v) is 5.74. The fourth-order valence-corrected chi connectivity index (χ4v) is 2.41. The van der Waals surface area contributed by atoms with Gasteiger partial charge >= 0.3 is 0 Å². The molecule has 0 bridgehead atoms. The van der Waals surface area contributed by atoms with Gasteiger partial charge in [-0.1, -0.05) is 42.5 Å². The predicted octanol–water partition coefficient (Wildman–Crippen LogP) is 3.81. The van der Waals surface area contributed by atoms with E-state index in [-0.39, 0.29) is 18.3 Å². The molecule has 4 nitrogen and oxygen atoms in total. The lowest BCUT2D eigenvalue weighted by Gasteiger charge is -2.08. The minimum Gasteiger partial charge on any atom is -0.376 e. The summed E-state index contributed by atoms with van der Waals surface area (Å²) >= 11 is 0. The molecule has 0 aliphatic heterocycles. The van der Waals surface area contributed by atoms with Crippen molar-refractivity contribution >= 4 is 24.0 Å². The third-order valence-electron chi connectivity index (χ3n) is 3.69. The number of benzene rings is 2. The average Bonchev–Trinajstić information content (AvgIpc) is 2.60. The van der Waals surface area contributed by atoms with E-state index in [4.69, 9.17) is 4.74 Å². The van der Waals surface area contributed by atoms with Gasteiger partial charge in [-0.25, -0.2) is 0 Å². The minimum atomic E-state index is 0. The molecule has 1 amide bonds. The second kappa shape index (κ2) is 12.5. The summed E-state index contributed by atoms with van der Waals surface area (Å²) in [5.41, 5.74) is 3.17. The summed E-state index contributed by atoms with van der Waals surface area (Å²) in [6, 6.07) is 18.1. The van der Waals surface area contributed by atoms with Gasteiger partial charge in [0.2, 0.25) is 5.91 Å². The van der Waals surface area contributed by atoms with E-state index >= 15 is 0 Å². The van der Waals surface area contributed by atoms with E-state index in [0.29, 0.717) is 19.6 Å². The summed E-state index contributed by atoms with van der Waals surface area (Å²) in [5.74, 6) is 0.0485. The predicted molar refractivity (Wildman–Crippen MR) is 105 cm³/mol. The van der Waals surface area contributed by atoms with Gasteiger partial charge in [0.15, 0.2) is 0 Å². The van der Waals surface area contributed by atoms with E-state index in [9.17, 15) is 4.79 Å². The normalized spacial score (nSPS) is 10.1. The summed E-state index contributed by atoms with van der Waals surface area (Å²) in [7, 11) is 1.89. The molecule has 136 valence electrons. The summed E-state index contributed by atoms with van der Waals surface area (Å²) < 4.78 is 5.74. The SMILES string of the molecule is CNCCCC(=O)Nc1cccc(COCCc2ccccc2)c1.Cl. The molecule has 0 fully saturated rings. The quantitative estimate of drug-likeness (QED) is 0.632. The fourth-order valence-electron chi connectivity index (χ4n) is 2.41. The van der Waals surface area contributed by atoms with Crippen LogP contribution in [-0.2, 0) is 22.6 Å². The van der Waals surface area contributed by atoms with Crippen LogP contribution in [0, 0.1) is 0 Å². The van der Waals surface area contributed by atoms with Gasteiger partial charge in [0.1, 0.15) is 0 Å². The van der Waals surface area contributed by atoms with Crippen molar-refractivity contribution in [3.63, 3.8) is 0 Å².